The predicted octanol–water partition coefficient (Wildman–Crippen LogP) is 2.71. The van der Waals surface area contributed by atoms with E-state index in [4.69, 9.17) is 4.55 Å². The number of esters is 1. The summed E-state index contributed by atoms with van der Waals surface area (Å²) in [5, 5.41) is -3.46. The fraction of sp³-hybridized carbons (Fsp3) is 0.714. The van der Waals surface area contributed by atoms with E-state index in [-0.39, 0.29) is 0 Å². The molecule has 0 aliphatic heterocycles. The van der Waals surface area contributed by atoms with Gasteiger partial charge in [0.25, 0.3) is 0 Å². The van der Waals surface area contributed by atoms with Gasteiger partial charge in [-0.1, -0.05) is 6.58 Å². The van der Waals surface area contributed by atoms with Gasteiger partial charge in [-0.05, 0) is 20.8 Å². The molecule has 0 aliphatic rings. The Bertz CT molecular complexity index is 814. The number of halogens is 8. The molecule has 31 heavy (non-hydrogen) atoms. The molecule has 0 aromatic heterocycles. The molecule has 0 bridgehead atoms. The van der Waals surface area contributed by atoms with Crippen LogP contribution in [-0.4, -0.2) is 60.4 Å². The van der Waals surface area contributed by atoms with E-state index in [0.29, 0.717) is 0 Å². The molecule has 0 aliphatic carbocycles. The average molecular weight is 495 g/mol. The summed E-state index contributed by atoms with van der Waals surface area (Å²) in [7, 11) is -6.13. The molecule has 2 N–H and O–H groups in total. The Labute approximate surface area is 170 Å². The maximum atomic E-state index is 13.6. The Morgan fingerprint density at radius 2 is 1.45 bits per heavy atom. The Balaban J connectivity index is 6.25. The number of carbonyl (C=O) groups is 2. The highest BCUT2D eigenvalue weighted by atomic mass is 32.2. The zero-order valence-electron chi connectivity index (χ0n) is 15.9. The molecule has 0 saturated heterocycles. The Hall–Kier alpha value is -2.01. The molecule has 17 heteroatoms. The summed E-state index contributed by atoms with van der Waals surface area (Å²) in [5.74, 6) is -10.1. The molecule has 8 nitrogen and oxygen atoms in total. The van der Waals surface area contributed by atoms with Gasteiger partial charge in [-0.25, -0.2) is 4.79 Å². The Morgan fingerprint density at radius 3 is 1.77 bits per heavy atom. The first-order valence-corrected chi connectivity index (χ1v) is 9.19. The monoisotopic (exact) mass is 495 g/mol. The lowest BCUT2D eigenvalue weighted by Crippen LogP contribution is -2.64. The fourth-order valence-corrected chi connectivity index (χ4v) is 1.92. The summed E-state index contributed by atoms with van der Waals surface area (Å²) < 4.78 is 142. The van der Waals surface area contributed by atoms with Crippen molar-refractivity contribution in [2.24, 2.45) is 0 Å². The zero-order chi connectivity index (χ0) is 25.3. The summed E-state index contributed by atoms with van der Waals surface area (Å²) >= 11 is 0. The molecule has 1 atom stereocenters. The highest BCUT2D eigenvalue weighted by Gasteiger charge is 2.67. The lowest BCUT2D eigenvalue weighted by Gasteiger charge is -2.35. The van der Waals surface area contributed by atoms with Gasteiger partial charge in [-0.2, -0.15) is 43.5 Å². The van der Waals surface area contributed by atoms with Gasteiger partial charge in [-0.3, -0.25) is 9.35 Å². The first-order valence-electron chi connectivity index (χ1n) is 7.75. The van der Waals surface area contributed by atoms with Crippen LogP contribution < -0.4 is 5.32 Å². The van der Waals surface area contributed by atoms with E-state index >= 15 is 0 Å². The van der Waals surface area contributed by atoms with E-state index in [1.165, 1.54) is 0 Å². The van der Waals surface area contributed by atoms with Gasteiger partial charge < -0.3 is 14.8 Å². The SMILES string of the molecule is C=C(C(=O)OC(OCCC(F)(F)S(=O)(=O)O)(C(=O)NC(C)(C)C)C(F)(F)F)C(F)(F)F. The summed E-state index contributed by atoms with van der Waals surface area (Å²) in [5.41, 5.74) is -4.01. The third-order valence-electron chi connectivity index (χ3n) is 3.06. The highest BCUT2D eigenvalue weighted by Crippen LogP contribution is 2.39. The highest BCUT2D eigenvalue weighted by molar-refractivity contribution is 7.86. The van der Waals surface area contributed by atoms with Crippen molar-refractivity contribution in [3.8, 4) is 0 Å². The molecular formula is C14H17F8NO7S. The Morgan fingerprint density at radius 1 is 1.00 bits per heavy atom. The van der Waals surface area contributed by atoms with Gasteiger partial charge in [0.1, 0.15) is 5.57 Å². The van der Waals surface area contributed by atoms with Crippen molar-refractivity contribution in [3.05, 3.63) is 12.2 Å². The Kier molecular flexibility index (Phi) is 8.28. The molecule has 1 unspecified atom stereocenters. The second-order valence-electron chi connectivity index (χ2n) is 6.90. The number of hydrogen-bond acceptors (Lipinski definition) is 6. The van der Waals surface area contributed by atoms with E-state index in [0.717, 1.165) is 20.8 Å². The maximum absolute atomic E-state index is 13.6. The fourth-order valence-electron chi connectivity index (χ4n) is 1.58. The number of ether oxygens (including phenoxy) is 2. The number of amides is 1. The minimum absolute atomic E-state index is 1.11. The maximum Gasteiger partial charge on any atom is 0.466 e. The van der Waals surface area contributed by atoms with Gasteiger partial charge in [0.15, 0.2) is 0 Å². The predicted molar refractivity (Wildman–Crippen MR) is 85.0 cm³/mol. The number of rotatable bonds is 8. The van der Waals surface area contributed by atoms with Crippen LogP contribution >= 0.6 is 0 Å². The molecule has 0 fully saturated rings. The van der Waals surface area contributed by atoms with Crippen molar-refractivity contribution < 1.29 is 67.2 Å². The summed E-state index contributed by atoms with van der Waals surface area (Å²) in [6.45, 7) is 3.49. The summed E-state index contributed by atoms with van der Waals surface area (Å²) in [6, 6.07) is 0. The van der Waals surface area contributed by atoms with Crippen LogP contribution in [0.4, 0.5) is 35.1 Å². The van der Waals surface area contributed by atoms with Crippen LogP contribution in [0, 0.1) is 0 Å². The second-order valence-corrected chi connectivity index (χ2v) is 8.44. The van der Waals surface area contributed by atoms with Gasteiger partial charge in [0.05, 0.1) is 13.0 Å². The van der Waals surface area contributed by atoms with Crippen molar-refractivity contribution in [2.45, 2.75) is 56.1 Å². The number of nitrogens with one attached hydrogen (secondary N) is 1. The van der Waals surface area contributed by atoms with E-state index in [9.17, 15) is 53.1 Å². The van der Waals surface area contributed by atoms with Crippen LogP contribution in [0.15, 0.2) is 12.2 Å². The average Bonchev–Trinajstić information content (AvgIpc) is 2.47. The van der Waals surface area contributed by atoms with Gasteiger partial charge >= 0.3 is 45.4 Å². The first-order chi connectivity index (χ1) is 13.4. The van der Waals surface area contributed by atoms with Crippen molar-refractivity contribution in [3.63, 3.8) is 0 Å². The molecule has 0 saturated carbocycles. The first kappa shape index (κ1) is 29.0. The van der Waals surface area contributed by atoms with Gasteiger partial charge in [-0.15, -0.1) is 0 Å². The summed E-state index contributed by atoms with van der Waals surface area (Å²) in [6.07, 6.45) is -13.9. The zero-order valence-corrected chi connectivity index (χ0v) is 16.8. The molecule has 1 amide bonds. The minimum Gasteiger partial charge on any atom is -0.412 e. The topological polar surface area (TPSA) is 119 Å². The van der Waals surface area contributed by atoms with Crippen molar-refractivity contribution in [1.29, 1.82) is 0 Å². The van der Waals surface area contributed by atoms with E-state index in [2.05, 4.69) is 16.1 Å². The van der Waals surface area contributed by atoms with Crippen molar-refractivity contribution in [2.75, 3.05) is 6.61 Å². The molecule has 0 heterocycles. The quantitative estimate of drug-likeness (QED) is 0.175. The molecule has 0 spiro atoms. The number of hydrogen-bond donors (Lipinski definition) is 2. The normalized spacial score (nSPS) is 15.7. The van der Waals surface area contributed by atoms with Crippen LogP contribution in [0.25, 0.3) is 0 Å². The van der Waals surface area contributed by atoms with Crippen LogP contribution in [-0.2, 0) is 29.2 Å². The molecule has 0 aromatic carbocycles. The van der Waals surface area contributed by atoms with E-state index < -0.39 is 69.5 Å². The van der Waals surface area contributed by atoms with Gasteiger partial charge in [0.2, 0.25) is 0 Å². The molecule has 182 valence electrons. The number of alkyl halides is 8. The molecule has 0 aromatic rings. The van der Waals surface area contributed by atoms with Crippen LogP contribution in [0.3, 0.4) is 0 Å². The lowest BCUT2D eigenvalue weighted by molar-refractivity contribution is -0.349. The van der Waals surface area contributed by atoms with E-state index in [1.807, 2.05) is 0 Å². The van der Waals surface area contributed by atoms with Crippen LogP contribution in [0.2, 0.25) is 0 Å². The third-order valence-corrected chi connectivity index (χ3v) is 4.02. The second kappa shape index (κ2) is 8.85. The minimum atomic E-state index is -6.14. The van der Waals surface area contributed by atoms with Crippen LogP contribution in [0.5, 0.6) is 0 Å². The molecule has 0 radical (unpaired) electrons. The molecular weight excluding hydrogens is 478 g/mol. The van der Waals surface area contributed by atoms with Gasteiger partial charge in [0, 0.05) is 5.54 Å². The largest absolute Gasteiger partial charge is 0.466 e. The van der Waals surface area contributed by atoms with E-state index in [1.54, 1.807) is 5.32 Å². The molecule has 0 rings (SSSR count). The third kappa shape index (κ3) is 7.57. The van der Waals surface area contributed by atoms with Crippen molar-refractivity contribution >= 4 is 22.0 Å². The number of carbonyl (C=O) groups excluding carboxylic acids is 2. The van der Waals surface area contributed by atoms with Crippen molar-refractivity contribution in [1.82, 2.24) is 5.32 Å². The standard InChI is InChI=1S/C14H17F8NO7S/c1-7(13(17,18)19)8(24)30-12(14(20,21)22,9(25)23-10(2,3)4)29-6-5-11(15,16)31(26,27)28/h1,5-6H2,2-4H3,(H,23,25)(H,26,27,28). The lowest BCUT2D eigenvalue weighted by atomic mass is 10.1. The van der Waals surface area contributed by atoms with Crippen LogP contribution in [0.1, 0.15) is 27.2 Å². The smallest absolute Gasteiger partial charge is 0.412 e. The summed E-state index contributed by atoms with van der Waals surface area (Å²) in [4.78, 5) is 23.7.